The van der Waals surface area contributed by atoms with Gasteiger partial charge in [0.25, 0.3) is 5.91 Å². The first-order valence-electron chi connectivity index (χ1n) is 7.90. The summed E-state index contributed by atoms with van der Waals surface area (Å²) in [4.78, 5) is 19.0. The summed E-state index contributed by atoms with van der Waals surface area (Å²) in [6, 6.07) is 0. The van der Waals surface area contributed by atoms with E-state index in [4.69, 9.17) is 9.26 Å². The van der Waals surface area contributed by atoms with Gasteiger partial charge in [-0.2, -0.15) is 0 Å². The van der Waals surface area contributed by atoms with Gasteiger partial charge in [0, 0.05) is 24.7 Å². The molecule has 3 atom stereocenters. The third-order valence-corrected chi connectivity index (χ3v) is 5.68. The zero-order valence-corrected chi connectivity index (χ0v) is 14.0. The van der Waals surface area contributed by atoms with Gasteiger partial charge >= 0.3 is 0 Å². The molecule has 0 unspecified atom stereocenters. The molecule has 6 nitrogen and oxygen atoms in total. The van der Waals surface area contributed by atoms with E-state index < -0.39 is 0 Å². The molecule has 2 aliphatic heterocycles. The molecule has 0 bridgehead atoms. The number of hydrogen-bond donors (Lipinski definition) is 0. The quantitative estimate of drug-likeness (QED) is 0.845. The Hall–Kier alpha value is -1.73. The van der Waals surface area contributed by atoms with Crippen molar-refractivity contribution in [2.75, 3.05) is 13.1 Å². The van der Waals surface area contributed by atoms with Crippen molar-refractivity contribution in [3.63, 3.8) is 0 Å². The molecule has 0 N–H and O–H groups in total. The lowest BCUT2D eigenvalue weighted by Gasteiger charge is -2.34. The van der Waals surface area contributed by atoms with Crippen LogP contribution in [0.4, 0.5) is 0 Å². The maximum atomic E-state index is 12.8. The summed E-state index contributed by atoms with van der Waals surface area (Å²) in [6.45, 7) is 4.99. The largest absolute Gasteiger partial charge is 0.366 e. The van der Waals surface area contributed by atoms with Crippen LogP contribution in [0.3, 0.4) is 0 Å². The van der Waals surface area contributed by atoms with Crippen LogP contribution in [0.5, 0.6) is 0 Å². The fourth-order valence-electron chi connectivity index (χ4n) is 3.61. The first-order chi connectivity index (χ1) is 11.1. The highest BCUT2D eigenvalue weighted by Crippen LogP contribution is 2.41. The molecule has 0 radical (unpaired) electrons. The van der Waals surface area contributed by atoms with Crippen molar-refractivity contribution in [2.24, 2.45) is 5.92 Å². The van der Waals surface area contributed by atoms with Gasteiger partial charge in [0.1, 0.15) is 22.4 Å². The van der Waals surface area contributed by atoms with E-state index in [0.29, 0.717) is 29.5 Å². The van der Waals surface area contributed by atoms with E-state index in [2.05, 4.69) is 10.1 Å². The van der Waals surface area contributed by atoms with E-state index >= 15 is 0 Å². The minimum atomic E-state index is 0.000925. The Bertz CT molecular complexity index is 693. The zero-order chi connectivity index (χ0) is 16.0. The van der Waals surface area contributed by atoms with Gasteiger partial charge in [-0.3, -0.25) is 4.79 Å². The van der Waals surface area contributed by atoms with Gasteiger partial charge in [0.05, 0.1) is 11.8 Å². The number of likely N-dealkylation sites (tertiary alicyclic amines) is 1. The number of ether oxygens (including phenoxy) is 1. The average molecular weight is 333 g/mol. The maximum Gasteiger partial charge on any atom is 0.259 e. The summed E-state index contributed by atoms with van der Waals surface area (Å²) in [5, 5.41) is 6.91. The van der Waals surface area contributed by atoms with E-state index in [0.717, 1.165) is 24.4 Å². The minimum Gasteiger partial charge on any atom is -0.366 e. The summed E-state index contributed by atoms with van der Waals surface area (Å²) >= 11 is 1.64. The summed E-state index contributed by atoms with van der Waals surface area (Å²) in [6.07, 6.45) is 3.98. The second-order valence-electron chi connectivity index (χ2n) is 6.27. The minimum absolute atomic E-state index is 0.000925. The molecule has 0 aromatic carbocycles. The highest BCUT2D eigenvalue weighted by molar-refractivity contribution is 7.09. The molecule has 23 heavy (non-hydrogen) atoms. The van der Waals surface area contributed by atoms with Crippen LogP contribution >= 0.6 is 11.3 Å². The number of thiazole rings is 1. The lowest BCUT2D eigenvalue weighted by molar-refractivity contribution is -0.00455. The molecule has 2 saturated heterocycles. The van der Waals surface area contributed by atoms with Gasteiger partial charge < -0.3 is 14.2 Å². The molecule has 4 rings (SSSR count). The van der Waals surface area contributed by atoms with Crippen molar-refractivity contribution in [1.82, 2.24) is 15.0 Å². The summed E-state index contributed by atoms with van der Waals surface area (Å²) in [5.41, 5.74) is 1.25. The maximum absolute atomic E-state index is 12.8. The number of carbonyl (C=O) groups excluding carboxylic acids is 1. The second kappa shape index (κ2) is 5.72. The van der Waals surface area contributed by atoms with Gasteiger partial charge in [0.2, 0.25) is 0 Å². The van der Waals surface area contributed by atoms with Crippen molar-refractivity contribution in [3.05, 3.63) is 33.6 Å². The monoisotopic (exact) mass is 333 g/mol. The van der Waals surface area contributed by atoms with Crippen LogP contribution in [0, 0.1) is 19.8 Å². The Morgan fingerprint density at radius 2 is 2.30 bits per heavy atom. The molecule has 2 aromatic heterocycles. The average Bonchev–Trinajstić information content (AvgIpc) is 3.25. The zero-order valence-electron chi connectivity index (χ0n) is 13.2. The number of aromatic nitrogens is 2. The summed E-state index contributed by atoms with van der Waals surface area (Å²) in [7, 11) is 0. The Morgan fingerprint density at radius 1 is 1.43 bits per heavy atom. The number of fused-ring (bicyclic) bond motifs is 1. The molecule has 0 spiro atoms. The van der Waals surface area contributed by atoms with Crippen LogP contribution in [-0.4, -0.2) is 40.1 Å². The van der Waals surface area contributed by atoms with Crippen LogP contribution in [0.25, 0.3) is 0 Å². The number of carbonyl (C=O) groups is 1. The van der Waals surface area contributed by atoms with E-state index in [1.54, 1.807) is 25.2 Å². The first-order valence-corrected chi connectivity index (χ1v) is 8.78. The Balaban J connectivity index is 1.48. The van der Waals surface area contributed by atoms with Crippen molar-refractivity contribution in [2.45, 2.75) is 38.9 Å². The summed E-state index contributed by atoms with van der Waals surface area (Å²) < 4.78 is 11.3. The van der Waals surface area contributed by atoms with E-state index in [-0.39, 0.29) is 18.1 Å². The predicted molar refractivity (Wildman–Crippen MR) is 84.3 cm³/mol. The summed E-state index contributed by atoms with van der Waals surface area (Å²) in [5.74, 6) is 1.10. The second-order valence-corrected chi connectivity index (χ2v) is 7.19. The smallest absolute Gasteiger partial charge is 0.259 e. The van der Waals surface area contributed by atoms with Crippen LogP contribution < -0.4 is 0 Å². The van der Waals surface area contributed by atoms with Gasteiger partial charge in [-0.15, -0.1) is 11.3 Å². The molecule has 2 aromatic rings. The van der Waals surface area contributed by atoms with E-state index in [1.807, 2.05) is 16.5 Å². The molecule has 0 aliphatic carbocycles. The van der Waals surface area contributed by atoms with Gasteiger partial charge in [0.15, 0.2) is 0 Å². The normalized spacial score (nSPS) is 27.2. The molecule has 2 aliphatic rings. The van der Waals surface area contributed by atoms with Gasteiger partial charge in [-0.05, 0) is 32.6 Å². The molecule has 0 saturated carbocycles. The highest BCUT2D eigenvalue weighted by atomic mass is 32.1. The topological polar surface area (TPSA) is 68.5 Å². The first kappa shape index (κ1) is 14.8. The highest BCUT2D eigenvalue weighted by Gasteiger charge is 2.42. The van der Waals surface area contributed by atoms with Crippen LogP contribution in [0.1, 0.15) is 45.8 Å². The molecule has 4 heterocycles. The number of amides is 1. The van der Waals surface area contributed by atoms with Gasteiger partial charge in [-0.1, -0.05) is 5.16 Å². The molecule has 1 amide bonds. The Labute approximate surface area is 138 Å². The molecule has 7 heteroatoms. The number of nitrogens with zero attached hydrogens (tertiary/aromatic N) is 3. The number of hydrogen-bond acceptors (Lipinski definition) is 6. The molecular formula is C16H19N3O3S. The van der Waals surface area contributed by atoms with Gasteiger partial charge in [-0.25, -0.2) is 4.98 Å². The predicted octanol–water partition coefficient (Wildman–Crippen LogP) is 2.74. The van der Waals surface area contributed by atoms with Crippen LogP contribution in [0.15, 0.2) is 16.1 Å². The van der Waals surface area contributed by atoms with Crippen molar-refractivity contribution in [3.8, 4) is 0 Å². The lowest BCUT2D eigenvalue weighted by atomic mass is 9.91. The van der Waals surface area contributed by atoms with Crippen LogP contribution in [-0.2, 0) is 4.74 Å². The number of rotatable bonds is 2. The van der Waals surface area contributed by atoms with Crippen molar-refractivity contribution in [1.29, 1.82) is 0 Å². The number of aryl methyl sites for hydroxylation is 2. The Kier molecular flexibility index (Phi) is 3.69. The van der Waals surface area contributed by atoms with Crippen molar-refractivity contribution >= 4 is 17.2 Å². The standard InChI is InChI=1S/C16H19N3O3S/c1-9-14(10(2)22-18-9)16(20)19-5-3-11-7-12(21-13(11)8-19)15-17-4-6-23-15/h4,6,11-13H,3,5,7-8H2,1-2H3/t11-,12-,13+/m0/s1. The fourth-order valence-corrected chi connectivity index (χ4v) is 4.30. The molecular weight excluding hydrogens is 314 g/mol. The fraction of sp³-hybridized carbons (Fsp3) is 0.562. The molecule has 122 valence electrons. The van der Waals surface area contributed by atoms with Crippen molar-refractivity contribution < 1.29 is 14.1 Å². The van der Waals surface area contributed by atoms with E-state index in [1.165, 1.54) is 0 Å². The Morgan fingerprint density at radius 3 is 3.00 bits per heavy atom. The SMILES string of the molecule is Cc1noc(C)c1C(=O)N1CC[C@H]2C[C@@H](c3nccs3)O[C@@H]2C1. The van der Waals surface area contributed by atoms with E-state index in [9.17, 15) is 4.79 Å². The third-order valence-electron chi connectivity index (χ3n) is 4.81. The third kappa shape index (κ3) is 2.57. The molecule has 2 fully saturated rings. The lowest BCUT2D eigenvalue weighted by Crippen LogP contribution is -2.45. The van der Waals surface area contributed by atoms with Crippen LogP contribution in [0.2, 0.25) is 0 Å². The number of piperidine rings is 1.